The lowest BCUT2D eigenvalue weighted by Crippen LogP contribution is -2.26. The summed E-state index contributed by atoms with van der Waals surface area (Å²) in [5.74, 6) is 0. The summed E-state index contributed by atoms with van der Waals surface area (Å²) < 4.78 is 0. The van der Waals surface area contributed by atoms with Gasteiger partial charge in [-0.3, -0.25) is 0 Å². The molecule has 1 atom stereocenters. The van der Waals surface area contributed by atoms with Crippen molar-refractivity contribution in [3.8, 4) is 0 Å². The number of H-pyrrole nitrogens is 1. The minimum Gasteiger partial charge on any atom is -0.392 e. The van der Waals surface area contributed by atoms with Crippen LogP contribution in [-0.2, 0) is 6.54 Å². The van der Waals surface area contributed by atoms with E-state index < -0.39 is 0 Å². The molecule has 13 heavy (non-hydrogen) atoms. The summed E-state index contributed by atoms with van der Waals surface area (Å²) in [7, 11) is 0. The molecule has 0 saturated heterocycles. The highest BCUT2D eigenvalue weighted by molar-refractivity contribution is 4.93. The van der Waals surface area contributed by atoms with Gasteiger partial charge in [0.15, 0.2) is 0 Å². The number of aromatic nitrogens is 2. The van der Waals surface area contributed by atoms with Crippen molar-refractivity contribution in [2.24, 2.45) is 0 Å². The van der Waals surface area contributed by atoms with E-state index in [4.69, 9.17) is 0 Å². The van der Waals surface area contributed by atoms with Crippen LogP contribution in [0.3, 0.4) is 0 Å². The number of imidazole rings is 1. The second-order valence-corrected chi connectivity index (χ2v) is 3.15. The van der Waals surface area contributed by atoms with Gasteiger partial charge in [-0.05, 0) is 6.42 Å². The van der Waals surface area contributed by atoms with Gasteiger partial charge >= 0.3 is 0 Å². The Kier molecular flexibility index (Phi) is 4.49. The molecule has 0 bridgehead atoms. The SMILES string of the molecule is CCCC(O)CNCc1cnc[nH]1. The van der Waals surface area contributed by atoms with Crippen LogP contribution in [0.2, 0.25) is 0 Å². The minimum atomic E-state index is -0.229. The van der Waals surface area contributed by atoms with Crippen LogP contribution in [0.5, 0.6) is 0 Å². The first-order valence-corrected chi connectivity index (χ1v) is 4.69. The summed E-state index contributed by atoms with van der Waals surface area (Å²) in [5.41, 5.74) is 1.05. The van der Waals surface area contributed by atoms with E-state index in [9.17, 15) is 5.11 Å². The maximum Gasteiger partial charge on any atom is 0.0922 e. The first-order chi connectivity index (χ1) is 6.33. The third kappa shape index (κ3) is 4.05. The van der Waals surface area contributed by atoms with Crippen LogP contribution in [0.4, 0.5) is 0 Å². The Balaban J connectivity index is 2.07. The van der Waals surface area contributed by atoms with E-state index in [1.165, 1.54) is 0 Å². The highest BCUT2D eigenvalue weighted by Crippen LogP contribution is 1.95. The average Bonchev–Trinajstić information content (AvgIpc) is 2.57. The molecule has 0 aliphatic rings. The van der Waals surface area contributed by atoms with Crippen molar-refractivity contribution < 1.29 is 5.11 Å². The summed E-state index contributed by atoms with van der Waals surface area (Å²) in [4.78, 5) is 6.89. The molecule has 1 unspecified atom stereocenters. The molecule has 0 radical (unpaired) electrons. The zero-order valence-corrected chi connectivity index (χ0v) is 7.95. The van der Waals surface area contributed by atoms with Crippen LogP contribution in [0, 0.1) is 0 Å². The highest BCUT2D eigenvalue weighted by Gasteiger charge is 2.01. The molecule has 0 aliphatic heterocycles. The number of hydrogen-bond donors (Lipinski definition) is 3. The fourth-order valence-electron chi connectivity index (χ4n) is 1.19. The molecule has 1 aromatic heterocycles. The van der Waals surface area contributed by atoms with E-state index in [2.05, 4.69) is 22.2 Å². The van der Waals surface area contributed by atoms with E-state index >= 15 is 0 Å². The molecule has 1 aromatic rings. The molecular formula is C9H17N3O. The topological polar surface area (TPSA) is 60.9 Å². The number of rotatable bonds is 6. The lowest BCUT2D eigenvalue weighted by molar-refractivity contribution is 0.160. The van der Waals surface area contributed by atoms with E-state index in [-0.39, 0.29) is 6.10 Å². The number of aromatic amines is 1. The van der Waals surface area contributed by atoms with E-state index in [0.29, 0.717) is 6.54 Å². The molecule has 0 aliphatic carbocycles. The first kappa shape index (κ1) is 10.2. The number of nitrogens with zero attached hydrogens (tertiary/aromatic N) is 1. The van der Waals surface area contributed by atoms with Crippen LogP contribution in [0.15, 0.2) is 12.5 Å². The quantitative estimate of drug-likeness (QED) is 0.607. The van der Waals surface area contributed by atoms with Crippen molar-refractivity contribution in [3.63, 3.8) is 0 Å². The van der Waals surface area contributed by atoms with Gasteiger partial charge in [0.2, 0.25) is 0 Å². The van der Waals surface area contributed by atoms with Gasteiger partial charge in [0.05, 0.1) is 12.4 Å². The Morgan fingerprint density at radius 3 is 3.15 bits per heavy atom. The summed E-state index contributed by atoms with van der Waals surface area (Å²) in [6.07, 6.45) is 5.08. The van der Waals surface area contributed by atoms with Crippen molar-refractivity contribution in [1.29, 1.82) is 0 Å². The van der Waals surface area contributed by atoms with Gasteiger partial charge in [-0.15, -0.1) is 0 Å². The first-order valence-electron chi connectivity index (χ1n) is 4.69. The second kappa shape index (κ2) is 5.72. The second-order valence-electron chi connectivity index (χ2n) is 3.15. The summed E-state index contributed by atoms with van der Waals surface area (Å²) in [6.45, 7) is 3.45. The fourth-order valence-corrected chi connectivity index (χ4v) is 1.19. The minimum absolute atomic E-state index is 0.229. The molecule has 0 fully saturated rings. The molecule has 0 amide bonds. The third-order valence-corrected chi connectivity index (χ3v) is 1.87. The van der Waals surface area contributed by atoms with Gasteiger partial charge in [0, 0.05) is 25.0 Å². The molecule has 3 N–H and O–H groups in total. The molecule has 74 valence electrons. The normalized spacial score (nSPS) is 13.1. The maximum atomic E-state index is 9.39. The van der Waals surface area contributed by atoms with Gasteiger partial charge in [-0.1, -0.05) is 13.3 Å². The molecule has 1 rings (SSSR count). The van der Waals surface area contributed by atoms with Crippen molar-refractivity contribution in [3.05, 3.63) is 18.2 Å². The monoisotopic (exact) mass is 183 g/mol. The Labute approximate surface area is 78.4 Å². The number of hydrogen-bond acceptors (Lipinski definition) is 3. The molecule has 4 heteroatoms. The number of aliphatic hydroxyl groups excluding tert-OH is 1. The van der Waals surface area contributed by atoms with Crippen molar-refractivity contribution in [1.82, 2.24) is 15.3 Å². The molecule has 4 nitrogen and oxygen atoms in total. The Morgan fingerprint density at radius 2 is 2.54 bits per heavy atom. The average molecular weight is 183 g/mol. The van der Waals surface area contributed by atoms with Crippen molar-refractivity contribution in [2.75, 3.05) is 6.54 Å². The van der Waals surface area contributed by atoms with E-state index in [1.807, 2.05) is 0 Å². The van der Waals surface area contributed by atoms with Crippen LogP contribution < -0.4 is 5.32 Å². The number of nitrogens with one attached hydrogen (secondary N) is 2. The summed E-state index contributed by atoms with van der Waals surface area (Å²) in [6, 6.07) is 0. The highest BCUT2D eigenvalue weighted by atomic mass is 16.3. The predicted octanol–water partition coefficient (Wildman–Crippen LogP) is 0.660. The molecular weight excluding hydrogens is 166 g/mol. The van der Waals surface area contributed by atoms with Gasteiger partial charge in [0.1, 0.15) is 0 Å². The zero-order valence-electron chi connectivity index (χ0n) is 7.95. The van der Waals surface area contributed by atoms with Crippen molar-refractivity contribution in [2.45, 2.75) is 32.4 Å². The van der Waals surface area contributed by atoms with Gasteiger partial charge in [-0.25, -0.2) is 4.98 Å². The molecule has 0 saturated carbocycles. The Morgan fingerprint density at radius 1 is 1.69 bits per heavy atom. The Bertz CT molecular complexity index is 211. The summed E-state index contributed by atoms with van der Waals surface area (Å²) in [5, 5.41) is 12.5. The van der Waals surface area contributed by atoms with E-state index in [1.54, 1.807) is 12.5 Å². The van der Waals surface area contributed by atoms with Crippen molar-refractivity contribution >= 4 is 0 Å². The zero-order chi connectivity index (χ0) is 9.52. The molecule has 1 heterocycles. The van der Waals surface area contributed by atoms with Gasteiger partial charge in [0.25, 0.3) is 0 Å². The predicted molar refractivity (Wildman–Crippen MR) is 51.2 cm³/mol. The number of aliphatic hydroxyl groups is 1. The summed E-state index contributed by atoms with van der Waals surface area (Å²) >= 11 is 0. The standard InChI is InChI=1S/C9H17N3O/c1-2-3-9(13)6-10-4-8-5-11-7-12-8/h5,7,9-10,13H,2-4,6H2,1H3,(H,11,12). The molecule has 0 spiro atoms. The fraction of sp³-hybridized carbons (Fsp3) is 0.667. The lowest BCUT2D eigenvalue weighted by atomic mass is 10.2. The van der Waals surface area contributed by atoms with Crippen LogP contribution in [0.25, 0.3) is 0 Å². The lowest BCUT2D eigenvalue weighted by Gasteiger charge is -2.09. The van der Waals surface area contributed by atoms with Crippen LogP contribution in [-0.4, -0.2) is 27.7 Å². The Hall–Kier alpha value is -0.870. The smallest absolute Gasteiger partial charge is 0.0922 e. The van der Waals surface area contributed by atoms with Gasteiger partial charge < -0.3 is 15.4 Å². The van der Waals surface area contributed by atoms with Gasteiger partial charge in [-0.2, -0.15) is 0 Å². The van der Waals surface area contributed by atoms with E-state index in [0.717, 1.165) is 25.1 Å². The largest absolute Gasteiger partial charge is 0.392 e. The maximum absolute atomic E-state index is 9.39. The third-order valence-electron chi connectivity index (χ3n) is 1.87. The van der Waals surface area contributed by atoms with Crippen LogP contribution in [0.1, 0.15) is 25.5 Å². The molecule has 0 aromatic carbocycles. The van der Waals surface area contributed by atoms with Crippen LogP contribution >= 0.6 is 0 Å².